The molecule has 1 aromatic heterocycles. The van der Waals surface area contributed by atoms with Crippen molar-refractivity contribution < 1.29 is 14.4 Å². The second-order valence-electron chi connectivity index (χ2n) is 7.43. The summed E-state index contributed by atoms with van der Waals surface area (Å²) in [6.07, 6.45) is 0. The van der Waals surface area contributed by atoms with Crippen LogP contribution >= 0.6 is 11.3 Å². The highest BCUT2D eigenvalue weighted by Gasteiger charge is 2.22. The smallest absolute Gasteiger partial charge is 0.251 e. The highest BCUT2D eigenvalue weighted by molar-refractivity contribution is 7.14. The SMILES string of the molecule is CC(C)(C)NC(=O)CN1CCN(CC(=O)Nc2sccc2C(N)=O)CC1. The van der Waals surface area contributed by atoms with Crippen LogP contribution in [0, 0.1) is 0 Å². The average Bonchev–Trinajstić information content (AvgIpc) is 2.95. The average molecular weight is 382 g/mol. The number of thiophene rings is 1. The van der Waals surface area contributed by atoms with Crippen molar-refractivity contribution in [2.45, 2.75) is 26.3 Å². The third-order valence-corrected chi connectivity index (χ3v) is 4.73. The first kappa shape index (κ1) is 20.3. The molecule has 1 aromatic rings. The van der Waals surface area contributed by atoms with E-state index in [0.717, 1.165) is 13.1 Å². The van der Waals surface area contributed by atoms with E-state index in [1.54, 1.807) is 11.4 Å². The van der Waals surface area contributed by atoms with Gasteiger partial charge >= 0.3 is 0 Å². The zero-order valence-electron chi connectivity index (χ0n) is 15.5. The zero-order chi connectivity index (χ0) is 19.3. The number of hydrogen-bond donors (Lipinski definition) is 3. The molecule has 0 saturated carbocycles. The summed E-state index contributed by atoms with van der Waals surface area (Å²) in [5.74, 6) is -0.710. The molecule has 1 aliphatic rings. The summed E-state index contributed by atoms with van der Waals surface area (Å²) < 4.78 is 0. The Balaban J connectivity index is 1.74. The summed E-state index contributed by atoms with van der Waals surface area (Å²) in [7, 11) is 0. The van der Waals surface area contributed by atoms with E-state index in [9.17, 15) is 14.4 Å². The zero-order valence-corrected chi connectivity index (χ0v) is 16.3. The lowest BCUT2D eigenvalue weighted by Crippen LogP contribution is -2.52. The Morgan fingerprint density at radius 1 is 1.08 bits per heavy atom. The molecule has 4 N–H and O–H groups in total. The van der Waals surface area contributed by atoms with Crippen molar-refractivity contribution in [2.75, 3.05) is 44.6 Å². The van der Waals surface area contributed by atoms with E-state index >= 15 is 0 Å². The van der Waals surface area contributed by atoms with Gasteiger partial charge in [0.1, 0.15) is 5.00 Å². The Labute approximate surface area is 157 Å². The minimum absolute atomic E-state index is 0.0142. The third kappa shape index (κ3) is 6.40. The topological polar surface area (TPSA) is 108 Å². The standard InChI is InChI=1S/C17H27N5O3S/c1-17(2,3)20-14(24)11-22-7-5-21(6-8-22)10-13(23)19-16-12(15(18)25)4-9-26-16/h4,9H,5-8,10-11H2,1-3H3,(H2,18,25)(H,19,23)(H,20,24). The van der Waals surface area contributed by atoms with E-state index in [4.69, 9.17) is 5.73 Å². The van der Waals surface area contributed by atoms with Crippen molar-refractivity contribution in [1.29, 1.82) is 0 Å². The number of piperazine rings is 1. The van der Waals surface area contributed by atoms with Crippen molar-refractivity contribution in [1.82, 2.24) is 15.1 Å². The lowest BCUT2D eigenvalue weighted by atomic mass is 10.1. The minimum Gasteiger partial charge on any atom is -0.366 e. The molecule has 0 bridgehead atoms. The number of anilines is 1. The first-order valence-corrected chi connectivity index (χ1v) is 9.45. The number of hydrogen-bond acceptors (Lipinski definition) is 6. The van der Waals surface area contributed by atoms with Crippen LogP contribution in [0.15, 0.2) is 11.4 Å². The molecule has 9 heteroatoms. The quantitative estimate of drug-likeness (QED) is 0.658. The highest BCUT2D eigenvalue weighted by atomic mass is 32.1. The van der Waals surface area contributed by atoms with E-state index < -0.39 is 5.91 Å². The fourth-order valence-electron chi connectivity index (χ4n) is 2.74. The van der Waals surface area contributed by atoms with Gasteiger partial charge < -0.3 is 16.4 Å². The molecule has 26 heavy (non-hydrogen) atoms. The van der Waals surface area contributed by atoms with E-state index in [0.29, 0.717) is 30.2 Å². The molecular formula is C17H27N5O3S. The Hall–Kier alpha value is -1.97. The molecule has 0 aromatic carbocycles. The summed E-state index contributed by atoms with van der Waals surface area (Å²) in [5.41, 5.74) is 5.38. The largest absolute Gasteiger partial charge is 0.366 e. The lowest BCUT2D eigenvalue weighted by molar-refractivity contribution is -0.124. The molecule has 2 rings (SSSR count). The van der Waals surface area contributed by atoms with E-state index in [1.807, 2.05) is 25.7 Å². The van der Waals surface area contributed by atoms with Crippen LogP contribution in [0.2, 0.25) is 0 Å². The molecule has 1 aliphatic heterocycles. The van der Waals surface area contributed by atoms with Crippen molar-refractivity contribution >= 4 is 34.1 Å². The molecule has 3 amide bonds. The fraction of sp³-hybridized carbons (Fsp3) is 0.588. The molecule has 144 valence electrons. The van der Waals surface area contributed by atoms with Gasteiger partial charge in [0.05, 0.1) is 18.7 Å². The monoisotopic (exact) mass is 381 g/mol. The van der Waals surface area contributed by atoms with Crippen molar-refractivity contribution in [3.63, 3.8) is 0 Å². The van der Waals surface area contributed by atoms with Gasteiger partial charge in [0.25, 0.3) is 5.91 Å². The normalized spacial score (nSPS) is 16.3. The second-order valence-corrected chi connectivity index (χ2v) is 8.34. The van der Waals surface area contributed by atoms with Gasteiger partial charge in [-0.25, -0.2) is 0 Å². The molecule has 8 nitrogen and oxygen atoms in total. The van der Waals surface area contributed by atoms with Gasteiger partial charge in [-0.05, 0) is 32.2 Å². The number of amides is 3. The highest BCUT2D eigenvalue weighted by Crippen LogP contribution is 2.22. The number of primary amides is 1. The molecule has 0 unspecified atom stereocenters. The van der Waals surface area contributed by atoms with Gasteiger partial charge in [-0.2, -0.15) is 0 Å². The van der Waals surface area contributed by atoms with E-state index in [2.05, 4.69) is 15.5 Å². The van der Waals surface area contributed by atoms with Gasteiger partial charge in [0.15, 0.2) is 0 Å². The van der Waals surface area contributed by atoms with Crippen molar-refractivity contribution in [2.24, 2.45) is 5.73 Å². The van der Waals surface area contributed by atoms with Gasteiger partial charge in [-0.1, -0.05) is 0 Å². The number of nitrogens with one attached hydrogen (secondary N) is 2. The van der Waals surface area contributed by atoms with Crippen LogP contribution in [0.5, 0.6) is 0 Å². The van der Waals surface area contributed by atoms with Crippen LogP contribution in [0.1, 0.15) is 31.1 Å². The van der Waals surface area contributed by atoms with Gasteiger partial charge in [0, 0.05) is 31.7 Å². The Morgan fingerprint density at radius 3 is 2.12 bits per heavy atom. The second kappa shape index (κ2) is 8.61. The summed E-state index contributed by atoms with van der Waals surface area (Å²) >= 11 is 1.28. The number of rotatable bonds is 6. The molecule has 2 heterocycles. The van der Waals surface area contributed by atoms with Gasteiger partial charge in [-0.15, -0.1) is 11.3 Å². The van der Waals surface area contributed by atoms with Crippen LogP contribution in [0.3, 0.4) is 0 Å². The molecule has 1 fully saturated rings. The molecule has 0 atom stereocenters. The Kier molecular flexibility index (Phi) is 6.74. The minimum atomic E-state index is -0.552. The van der Waals surface area contributed by atoms with Crippen LogP contribution < -0.4 is 16.4 Å². The van der Waals surface area contributed by atoms with Gasteiger partial charge in [-0.3, -0.25) is 24.2 Å². The maximum absolute atomic E-state index is 12.2. The molecule has 0 spiro atoms. The Morgan fingerprint density at radius 2 is 1.62 bits per heavy atom. The summed E-state index contributed by atoms with van der Waals surface area (Å²) in [5, 5.41) is 7.91. The van der Waals surface area contributed by atoms with Crippen molar-refractivity contribution in [3.8, 4) is 0 Å². The number of nitrogens with two attached hydrogens (primary N) is 1. The van der Waals surface area contributed by atoms with E-state index in [-0.39, 0.29) is 23.9 Å². The van der Waals surface area contributed by atoms with E-state index in [1.165, 1.54) is 11.3 Å². The maximum Gasteiger partial charge on any atom is 0.251 e. The first-order valence-electron chi connectivity index (χ1n) is 8.57. The van der Waals surface area contributed by atoms with Crippen LogP contribution in [-0.4, -0.2) is 72.3 Å². The predicted molar refractivity (Wildman–Crippen MR) is 102 cm³/mol. The van der Waals surface area contributed by atoms with Crippen LogP contribution in [-0.2, 0) is 9.59 Å². The predicted octanol–water partition coefficient (Wildman–Crippen LogP) is 0.318. The number of carbonyl (C=O) groups is 3. The number of nitrogens with zero attached hydrogens (tertiary/aromatic N) is 2. The fourth-order valence-corrected chi connectivity index (χ4v) is 3.54. The third-order valence-electron chi connectivity index (χ3n) is 3.90. The Bertz CT molecular complexity index is 660. The number of carbonyl (C=O) groups excluding carboxylic acids is 3. The summed E-state index contributed by atoms with van der Waals surface area (Å²) in [4.78, 5) is 39.6. The van der Waals surface area contributed by atoms with Crippen LogP contribution in [0.25, 0.3) is 0 Å². The lowest BCUT2D eigenvalue weighted by Gasteiger charge is -2.34. The maximum atomic E-state index is 12.2. The molecule has 0 radical (unpaired) electrons. The molecule has 1 saturated heterocycles. The van der Waals surface area contributed by atoms with Crippen LogP contribution in [0.4, 0.5) is 5.00 Å². The summed E-state index contributed by atoms with van der Waals surface area (Å²) in [6, 6.07) is 1.60. The molecule has 0 aliphatic carbocycles. The van der Waals surface area contributed by atoms with Gasteiger partial charge in [0.2, 0.25) is 11.8 Å². The first-order chi connectivity index (χ1) is 12.1. The summed E-state index contributed by atoms with van der Waals surface area (Å²) in [6.45, 7) is 9.38. The van der Waals surface area contributed by atoms with Crippen molar-refractivity contribution in [3.05, 3.63) is 17.0 Å². The molecular weight excluding hydrogens is 354 g/mol.